The number of hydrogen-bond acceptors (Lipinski definition) is 3. The van der Waals surface area contributed by atoms with Crippen molar-refractivity contribution in [1.82, 2.24) is 10.2 Å². The molecule has 0 aromatic rings. The van der Waals surface area contributed by atoms with Gasteiger partial charge in [-0.05, 0) is 20.8 Å². The third-order valence-corrected chi connectivity index (χ3v) is 1.84. The predicted molar refractivity (Wildman–Crippen MR) is 56.2 cm³/mol. The van der Waals surface area contributed by atoms with E-state index in [1.165, 1.54) is 11.8 Å². The van der Waals surface area contributed by atoms with Crippen LogP contribution in [0.15, 0.2) is 0 Å². The minimum atomic E-state index is -0.295. The highest BCUT2D eigenvalue weighted by Crippen LogP contribution is 1.95. The summed E-state index contributed by atoms with van der Waals surface area (Å²) >= 11 is 0. The molecule has 0 atom stereocenters. The molecule has 0 aliphatic rings. The van der Waals surface area contributed by atoms with Crippen LogP contribution in [0.3, 0.4) is 0 Å². The zero-order valence-electron chi connectivity index (χ0n) is 9.50. The molecule has 0 aliphatic heterocycles. The van der Waals surface area contributed by atoms with Gasteiger partial charge in [0.1, 0.15) is 5.78 Å². The van der Waals surface area contributed by atoms with E-state index in [2.05, 4.69) is 5.32 Å². The first-order chi connectivity index (χ1) is 7.01. The second-order valence-corrected chi connectivity index (χ2v) is 3.24. The SMILES string of the molecule is CCNC(=O)CN(CC)C(=O)CC(C)=O. The van der Waals surface area contributed by atoms with E-state index in [-0.39, 0.29) is 30.6 Å². The van der Waals surface area contributed by atoms with Gasteiger partial charge in [-0.1, -0.05) is 0 Å². The molecular formula is C10H18N2O3. The van der Waals surface area contributed by atoms with Crippen LogP contribution in [-0.2, 0) is 14.4 Å². The van der Waals surface area contributed by atoms with Gasteiger partial charge in [0.25, 0.3) is 0 Å². The zero-order valence-corrected chi connectivity index (χ0v) is 9.50. The van der Waals surface area contributed by atoms with E-state index in [4.69, 9.17) is 0 Å². The van der Waals surface area contributed by atoms with Crippen LogP contribution in [0.2, 0.25) is 0 Å². The summed E-state index contributed by atoms with van der Waals surface area (Å²) in [7, 11) is 0. The molecule has 0 spiro atoms. The van der Waals surface area contributed by atoms with Crippen molar-refractivity contribution in [3.05, 3.63) is 0 Å². The Labute approximate surface area is 89.8 Å². The molecule has 5 heteroatoms. The van der Waals surface area contributed by atoms with Crippen molar-refractivity contribution in [2.75, 3.05) is 19.6 Å². The lowest BCUT2D eigenvalue weighted by atomic mass is 10.2. The van der Waals surface area contributed by atoms with Crippen LogP contribution in [-0.4, -0.2) is 42.1 Å². The minimum Gasteiger partial charge on any atom is -0.355 e. The molecule has 0 fully saturated rings. The Balaban J connectivity index is 4.17. The van der Waals surface area contributed by atoms with E-state index in [1.807, 2.05) is 6.92 Å². The Hall–Kier alpha value is -1.39. The highest BCUT2D eigenvalue weighted by molar-refractivity contribution is 5.98. The predicted octanol–water partition coefficient (Wildman–Crippen LogP) is -0.0499. The molecule has 15 heavy (non-hydrogen) atoms. The molecule has 0 saturated carbocycles. The lowest BCUT2D eigenvalue weighted by Gasteiger charge is -2.19. The summed E-state index contributed by atoms with van der Waals surface area (Å²) < 4.78 is 0. The number of nitrogens with one attached hydrogen (secondary N) is 1. The molecule has 1 N–H and O–H groups in total. The average molecular weight is 214 g/mol. The van der Waals surface area contributed by atoms with E-state index in [0.717, 1.165) is 0 Å². The van der Waals surface area contributed by atoms with Gasteiger partial charge in [-0.25, -0.2) is 0 Å². The molecule has 2 amide bonds. The van der Waals surface area contributed by atoms with Crippen LogP contribution in [0.1, 0.15) is 27.2 Å². The monoisotopic (exact) mass is 214 g/mol. The molecule has 0 aliphatic carbocycles. The number of ketones is 1. The van der Waals surface area contributed by atoms with Gasteiger partial charge < -0.3 is 10.2 Å². The van der Waals surface area contributed by atoms with Gasteiger partial charge in [-0.15, -0.1) is 0 Å². The van der Waals surface area contributed by atoms with Gasteiger partial charge in [0.15, 0.2) is 0 Å². The van der Waals surface area contributed by atoms with Gasteiger partial charge in [0.05, 0.1) is 13.0 Å². The second kappa shape index (κ2) is 6.98. The highest BCUT2D eigenvalue weighted by atomic mass is 16.2. The number of carbonyl (C=O) groups excluding carboxylic acids is 3. The number of rotatable bonds is 6. The van der Waals surface area contributed by atoms with Gasteiger partial charge in [-0.2, -0.15) is 0 Å². The van der Waals surface area contributed by atoms with E-state index in [9.17, 15) is 14.4 Å². The number of carbonyl (C=O) groups is 3. The number of hydrogen-bond donors (Lipinski definition) is 1. The molecule has 0 rings (SSSR count). The minimum absolute atomic E-state index is 0.0243. The molecule has 0 saturated heterocycles. The quantitative estimate of drug-likeness (QED) is 0.630. The van der Waals surface area contributed by atoms with Crippen LogP contribution in [0.4, 0.5) is 0 Å². The lowest BCUT2D eigenvalue weighted by molar-refractivity contribution is -0.138. The number of amides is 2. The lowest BCUT2D eigenvalue weighted by Crippen LogP contribution is -2.41. The standard InChI is InChI=1S/C10H18N2O3/c1-4-11-9(14)7-12(5-2)10(15)6-8(3)13/h4-7H2,1-3H3,(H,11,14). The van der Waals surface area contributed by atoms with Crippen molar-refractivity contribution in [3.8, 4) is 0 Å². The third-order valence-electron chi connectivity index (χ3n) is 1.84. The van der Waals surface area contributed by atoms with Crippen LogP contribution >= 0.6 is 0 Å². The summed E-state index contributed by atoms with van der Waals surface area (Å²) in [6.07, 6.45) is -0.132. The Bertz CT molecular complexity index is 251. The number of likely N-dealkylation sites (N-methyl/N-ethyl adjacent to an activating group) is 2. The fraction of sp³-hybridized carbons (Fsp3) is 0.700. The molecule has 0 aromatic heterocycles. The topological polar surface area (TPSA) is 66.5 Å². The van der Waals surface area contributed by atoms with Crippen molar-refractivity contribution >= 4 is 17.6 Å². The summed E-state index contributed by atoms with van der Waals surface area (Å²) in [4.78, 5) is 34.8. The Morgan fingerprint density at radius 1 is 1.20 bits per heavy atom. The van der Waals surface area contributed by atoms with E-state index < -0.39 is 0 Å². The third kappa shape index (κ3) is 5.83. The smallest absolute Gasteiger partial charge is 0.239 e. The van der Waals surface area contributed by atoms with Gasteiger partial charge in [-0.3, -0.25) is 14.4 Å². The van der Waals surface area contributed by atoms with Crippen molar-refractivity contribution in [3.63, 3.8) is 0 Å². The molecule has 0 heterocycles. The van der Waals surface area contributed by atoms with Crippen molar-refractivity contribution in [2.45, 2.75) is 27.2 Å². The van der Waals surface area contributed by atoms with Crippen LogP contribution in [0.25, 0.3) is 0 Å². The summed E-state index contributed by atoms with van der Waals surface area (Å²) in [5.41, 5.74) is 0. The van der Waals surface area contributed by atoms with Gasteiger partial charge in [0.2, 0.25) is 11.8 Å². The molecule has 0 aromatic carbocycles. The Morgan fingerprint density at radius 2 is 1.80 bits per heavy atom. The second-order valence-electron chi connectivity index (χ2n) is 3.24. The van der Waals surface area contributed by atoms with Crippen LogP contribution in [0, 0.1) is 0 Å². The number of nitrogens with zero attached hydrogens (tertiary/aromatic N) is 1. The van der Waals surface area contributed by atoms with E-state index in [0.29, 0.717) is 13.1 Å². The van der Waals surface area contributed by atoms with Gasteiger partial charge in [0, 0.05) is 13.1 Å². The molecule has 5 nitrogen and oxygen atoms in total. The van der Waals surface area contributed by atoms with E-state index in [1.54, 1.807) is 6.92 Å². The molecule has 0 bridgehead atoms. The molecular weight excluding hydrogens is 196 g/mol. The largest absolute Gasteiger partial charge is 0.355 e. The Kier molecular flexibility index (Phi) is 6.33. The highest BCUT2D eigenvalue weighted by Gasteiger charge is 2.16. The first-order valence-electron chi connectivity index (χ1n) is 5.05. The summed E-state index contributed by atoms with van der Waals surface area (Å²) in [5, 5.41) is 2.60. The first kappa shape index (κ1) is 13.6. The Morgan fingerprint density at radius 3 is 2.20 bits per heavy atom. The van der Waals surface area contributed by atoms with Crippen molar-refractivity contribution in [1.29, 1.82) is 0 Å². The van der Waals surface area contributed by atoms with Gasteiger partial charge >= 0.3 is 0 Å². The average Bonchev–Trinajstić information content (AvgIpc) is 2.13. The van der Waals surface area contributed by atoms with Crippen LogP contribution < -0.4 is 5.32 Å². The van der Waals surface area contributed by atoms with Crippen molar-refractivity contribution in [2.24, 2.45) is 0 Å². The number of Topliss-reactive ketones (excluding diaryl/α,β-unsaturated/α-hetero) is 1. The molecule has 0 unspecified atom stereocenters. The summed E-state index contributed by atoms with van der Waals surface area (Å²) in [6.45, 7) is 5.94. The molecule has 0 radical (unpaired) electrons. The summed E-state index contributed by atoms with van der Waals surface area (Å²) in [6, 6.07) is 0. The maximum atomic E-state index is 11.4. The molecule has 86 valence electrons. The fourth-order valence-electron chi connectivity index (χ4n) is 1.13. The van der Waals surface area contributed by atoms with Crippen LogP contribution in [0.5, 0.6) is 0 Å². The maximum Gasteiger partial charge on any atom is 0.239 e. The normalized spacial score (nSPS) is 9.53. The summed E-state index contributed by atoms with van der Waals surface area (Å²) in [5.74, 6) is -0.679. The van der Waals surface area contributed by atoms with E-state index >= 15 is 0 Å². The fourth-order valence-corrected chi connectivity index (χ4v) is 1.13. The maximum absolute atomic E-state index is 11.4. The first-order valence-corrected chi connectivity index (χ1v) is 5.05. The van der Waals surface area contributed by atoms with Crippen molar-refractivity contribution < 1.29 is 14.4 Å². The zero-order chi connectivity index (χ0) is 11.8.